The summed E-state index contributed by atoms with van der Waals surface area (Å²) >= 11 is 0. The second-order valence-electron chi connectivity index (χ2n) is 8.25. The van der Waals surface area contributed by atoms with Crippen molar-refractivity contribution in [1.82, 2.24) is 15.1 Å². The summed E-state index contributed by atoms with van der Waals surface area (Å²) in [7, 11) is 2.06. The molecule has 1 aromatic heterocycles. The number of halogens is 1. The van der Waals surface area contributed by atoms with Crippen LogP contribution in [0.3, 0.4) is 0 Å². The van der Waals surface area contributed by atoms with E-state index in [1.165, 1.54) is 12.1 Å². The van der Waals surface area contributed by atoms with E-state index in [0.29, 0.717) is 13.0 Å². The van der Waals surface area contributed by atoms with Crippen LogP contribution in [0, 0.1) is 5.82 Å². The molecule has 5 nitrogen and oxygen atoms in total. The van der Waals surface area contributed by atoms with E-state index in [9.17, 15) is 9.18 Å². The highest BCUT2D eigenvalue weighted by atomic mass is 19.1. The molecule has 162 valence electrons. The molecule has 1 saturated heterocycles. The zero-order valence-electron chi connectivity index (χ0n) is 17.9. The molecular weight excluding hydrogens is 391 g/mol. The number of aromatic amines is 1. The smallest absolute Gasteiger partial charge is 0.222 e. The van der Waals surface area contributed by atoms with E-state index in [1.807, 2.05) is 29.2 Å². The van der Waals surface area contributed by atoms with Crippen molar-refractivity contribution in [2.24, 2.45) is 0 Å². The Kier molecular flexibility index (Phi) is 6.65. The molecule has 6 heteroatoms. The number of rotatable bonds is 7. The molecule has 0 spiro atoms. The molecule has 0 saturated carbocycles. The van der Waals surface area contributed by atoms with Crippen LogP contribution in [0.4, 0.5) is 10.1 Å². The van der Waals surface area contributed by atoms with Crippen LogP contribution < -0.4 is 4.90 Å². The zero-order chi connectivity index (χ0) is 21.6. The minimum atomic E-state index is -0.259. The number of H-pyrrole nitrogens is 1. The first-order valence-corrected chi connectivity index (χ1v) is 10.9. The van der Waals surface area contributed by atoms with Gasteiger partial charge in [0.05, 0.1) is 6.20 Å². The van der Waals surface area contributed by atoms with Crippen molar-refractivity contribution in [2.45, 2.75) is 31.6 Å². The molecule has 0 aliphatic carbocycles. The van der Waals surface area contributed by atoms with Crippen LogP contribution in [-0.2, 0) is 4.79 Å². The molecule has 31 heavy (non-hydrogen) atoms. The Hall–Kier alpha value is -3.15. The van der Waals surface area contributed by atoms with E-state index in [-0.39, 0.29) is 17.6 Å². The molecule has 2 heterocycles. The first kappa shape index (κ1) is 21.1. The maximum absolute atomic E-state index is 13.7. The van der Waals surface area contributed by atoms with Crippen LogP contribution in [0.2, 0.25) is 0 Å². The van der Waals surface area contributed by atoms with E-state index in [2.05, 4.69) is 34.3 Å². The first-order chi connectivity index (χ1) is 15.1. The van der Waals surface area contributed by atoms with Gasteiger partial charge in [0.1, 0.15) is 5.82 Å². The zero-order valence-corrected chi connectivity index (χ0v) is 17.9. The van der Waals surface area contributed by atoms with Gasteiger partial charge in [-0.1, -0.05) is 30.3 Å². The van der Waals surface area contributed by atoms with Crippen LogP contribution >= 0.6 is 0 Å². The molecular formula is C25H29FN4O. The molecule has 4 rings (SSSR count). The lowest BCUT2D eigenvalue weighted by molar-refractivity contribution is -0.132. The van der Waals surface area contributed by atoms with Gasteiger partial charge in [-0.3, -0.25) is 9.89 Å². The monoisotopic (exact) mass is 420 g/mol. The summed E-state index contributed by atoms with van der Waals surface area (Å²) in [6.45, 7) is 2.32. The lowest BCUT2D eigenvalue weighted by atomic mass is 9.90. The third-order valence-corrected chi connectivity index (χ3v) is 6.07. The minimum absolute atomic E-state index is 0.186. The summed E-state index contributed by atoms with van der Waals surface area (Å²) in [4.78, 5) is 17.0. The molecule has 1 amide bonds. The molecule has 1 fully saturated rings. The van der Waals surface area contributed by atoms with Gasteiger partial charge in [-0.2, -0.15) is 5.10 Å². The fourth-order valence-electron chi connectivity index (χ4n) is 4.37. The van der Waals surface area contributed by atoms with E-state index >= 15 is 0 Å². The van der Waals surface area contributed by atoms with Crippen LogP contribution in [-0.4, -0.2) is 47.7 Å². The Morgan fingerprint density at radius 1 is 1.23 bits per heavy atom. The Morgan fingerprint density at radius 2 is 2.06 bits per heavy atom. The Bertz CT molecular complexity index is 1000. The topological polar surface area (TPSA) is 52.2 Å². The van der Waals surface area contributed by atoms with Crippen molar-refractivity contribution in [2.75, 3.05) is 31.6 Å². The number of amides is 1. The van der Waals surface area contributed by atoms with E-state index in [0.717, 1.165) is 54.9 Å². The maximum atomic E-state index is 13.7. The molecule has 1 aliphatic rings. The second-order valence-corrected chi connectivity index (χ2v) is 8.25. The molecule has 0 bridgehead atoms. The third-order valence-electron chi connectivity index (χ3n) is 6.07. The van der Waals surface area contributed by atoms with Crippen molar-refractivity contribution in [1.29, 1.82) is 0 Å². The average Bonchev–Trinajstić information content (AvgIpc) is 3.30. The summed E-state index contributed by atoms with van der Waals surface area (Å²) in [6.07, 6.45) is 5.07. The standard InChI is InChI=1S/C25H29FN4O/c1-29(22-11-3-2-4-12-22)14-7-13-24(31)30-15-6-9-20(18-30)25-23(17-27-28-25)19-8-5-10-21(26)16-19/h2-5,8,10-12,16-17,20H,6-7,9,13-15,18H2,1H3,(H,27,28). The minimum Gasteiger partial charge on any atom is -0.375 e. The fraction of sp³-hybridized carbons (Fsp3) is 0.360. The van der Waals surface area contributed by atoms with Crippen molar-refractivity contribution < 1.29 is 9.18 Å². The van der Waals surface area contributed by atoms with Gasteiger partial charge in [0, 0.05) is 56.0 Å². The van der Waals surface area contributed by atoms with Crippen LogP contribution in [0.15, 0.2) is 60.8 Å². The predicted octanol–water partition coefficient (Wildman–Crippen LogP) is 4.84. The Balaban J connectivity index is 1.35. The number of carbonyl (C=O) groups excluding carboxylic acids is 1. The molecule has 1 unspecified atom stereocenters. The van der Waals surface area contributed by atoms with Gasteiger partial charge in [-0.05, 0) is 49.1 Å². The van der Waals surface area contributed by atoms with Crippen molar-refractivity contribution >= 4 is 11.6 Å². The molecule has 0 radical (unpaired) electrons. The fourth-order valence-corrected chi connectivity index (χ4v) is 4.37. The molecule has 1 N–H and O–H groups in total. The van der Waals surface area contributed by atoms with E-state index in [1.54, 1.807) is 12.3 Å². The van der Waals surface area contributed by atoms with E-state index < -0.39 is 0 Å². The lowest BCUT2D eigenvalue weighted by Crippen LogP contribution is -2.39. The first-order valence-electron chi connectivity index (χ1n) is 10.9. The molecule has 3 aromatic rings. The van der Waals surface area contributed by atoms with Crippen molar-refractivity contribution in [3.8, 4) is 11.1 Å². The number of nitrogens with zero attached hydrogens (tertiary/aromatic N) is 3. The summed E-state index contributed by atoms with van der Waals surface area (Å²) in [5.74, 6) is 0.133. The number of nitrogens with one attached hydrogen (secondary N) is 1. The number of hydrogen-bond acceptors (Lipinski definition) is 3. The second kappa shape index (κ2) is 9.77. The van der Waals surface area contributed by atoms with Gasteiger partial charge in [0.25, 0.3) is 0 Å². The van der Waals surface area contributed by atoms with Crippen LogP contribution in [0.25, 0.3) is 11.1 Å². The number of likely N-dealkylation sites (tertiary alicyclic amines) is 1. The summed E-state index contributed by atoms with van der Waals surface area (Å²) < 4.78 is 13.7. The maximum Gasteiger partial charge on any atom is 0.222 e. The van der Waals surface area contributed by atoms with Gasteiger partial charge in [0.2, 0.25) is 5.91 Å². The number of aromatic nitrogens is 2. The van der Waals surface area contributed by atoms with Gasteiger partial charge in [0.15, 0.2) is 0 Å². The summed E-state index contributed by atoms with van der Waals surface area (Å²) in [6, 6.07) is 16.8. The third kappa shape index (κ3) is 5.13. The number of carbonyl (C=O) groups is 1. The normalized spacial score (nSPS) is 16.3. The molecule has 2 aromatic carbocycles. The van der Waals surface area contributed by atoms with Gasteiger partial charge < -0.3 is 9.80 Å². The van der Waals surface area contributed by atoms with Gasteiger partial charge >= 0.3 is 0 Å². The van der Waals surface area contributed by atoms with Crippen LogP contribution in [0.5, 0.6) is 0 Å². The summed E-state index contributed by atoms with van der Waals surface area (Å²) in [5.41, 5.74) is 3.89. The molecule has 1 aliphatic heterocycles. The lowest BCUT2D eigenvalue weighted by Gasteiger charge is -2.33. The number of anilines is 1. The SMILES string of the molecule is CN(CCCC(=O)N1CCCC(c2[nH]ncc2-c2cccc(F)c2)C1)c1ccccc1. The van der Waals surface area contributed by atoms with Crippen LogP contribution in [0.1, 0.15) is 37.3 Å². The quantitative estimate of drug-likeness (QED) is 0.595. The number of benzene rings is 2. The molecule has 1 atom stereocenters. The highest BCUT2D eigenvalue weighted by molar-refractivity contribution is 5.76. The van der Waals surface area contributed by atoms with Crippen molar-refractivity contribution in [3.05, 3.63) is 72.3 Å². The summed E-state index contributed by atoms with van der Waals surface area (Å²) in [5, 5.41) is 7.33. The number of piperidine rings is 1. The average molecular weight is 421 g/mol. The largest absolute Gasteiger partial charge is 0.375 e. The van der Waals surface area contributed by atoms with Gasteiger partial charge in [-0.25, -0.2) is 4.39 Å². The number of hydrogen-bond donors (Lipinski definition) is 1. The number of para-hydroxylation sites is 1. The Morgan fingerprint density at radius 3 is 2.87 bits per heavy atom. The highest BCUT2D eigenvalue weighted by Gasteiger charge is 2.27. The van der Waals surface area contributed by atoms with E-state index in [4.69, 9.17) is 0 Å². The Labute approximate surface area is 182 Å². The predicted molar refractivity (Wildman–Crippen MR) is 121 cm³/mol. The highest BCUT2D eigenvalue weighted by Crippen LogP contribution is 2.33. The van der Waals surface area contributed by atoms with Crippen molar-refractivity contribution in [3.63, 3.8) is 0 Å². The van der Waals surface area contributed by atoms with Gasteiger partial charge in [-0.15, -0.1) is 0 Å².